The summed E-state index contributed by atoms with van der Waals surface area (Å²) < 4.78 is 77.3. The van der Waals surface area contributed by atoms with Gasteiger partial charge in [0, 0.05) is 10.9 Å². The van der Waals surface area contributed by atoms with Gasteiger partial charge < -0.3 is 0 Å². The Balaban J connectivity index is 1.90. The molecule has 0 fully saturated rings. The van der Waals surface area contributed by atoms with E-state index in [0.29, 0.717) is 17.8 Å². The topological polar surface area (TPSA) is 42.0 Å². The number of nitrogens with one attached hydrogen (secondary N) is 1. The molecular formula is C16H8F6N2OS2. The van der Waals surface area contributed by atoms with Crippen LogP contribution in [0.25, 0.3) is 10.6 Å². The van der Waals surface area contributed by atoms with E-state index in [-0.39, 0.29) is 11.2 Å². The van der Waals surface area contributed by atoms with Gasteiger partial charge in [0.05, 0.1) is 21.7 Å². The average Bonchev–Trinajstić information content (AvgIpc) is 3.23. The van der Waals surface area contributed by atoms with Crippen molar-refractivity contribution in [2.45, 2.75) is 12.4 Å². The van der Waals surface area contributed by atoms with Gasteiger partial charge in [-0.1, -0.05) is 6.07 Å². The molecule has 0 unspecified atom stereocenters. The fraction of sp³-hybridized carbons (Fsp3) is 0.125. The summed E-state index contributed by atoms with van der Waals surface area (Å²) in [7, 11) is 0. The van der Waals surface area contributed by atoms with Crippen LogP contribution in [0.4, 0.5) is 31.5 Å². The molecule has 0 aliphatic heterocycles. The smallest absolute Gasteiger partial charge is 0.298 e. The quantitative estimate of drug-likeness (QED) is 0.514. The van der Waals surface area contributed by atoms with Crippen LogP contribution in [0.5, 0.6) is 0 Å². The summed E-state index contributed by atoms with van der Waals surface area (Å²) in [6.07, 6.45) is -10.0. The highest BCUT2D eigenvalue weighted by molar-refractivity contribution is 7.16. The van der Waals surface area contributed by atoms with Crippen molar-refractivity contribution in [1.29, 1.82) is 0 Å². The highest BCUT2D eigenvalue weighted by atomic mass is 32.1. The van der Waals surface area contributed by atoms with Crippen molar-refractivity contribution in [3.05, 3.63) is 57.8 Å². The summed E-state index contributed by atoms with van der Waals surface area (Å²) >= 11 is 2.40. The van der Waals surface area contributed by atoms with E-state index in [1.807, 2.05) is 5.38 Å². The molecule has 1 aromatic carbocycles. The molecule has 0 bridgehead atoms. The zero-order valence-corrected chi connectivity index (χ0v) is 14.6. The number of rotatable bonds is 3. The number of benzene rings is 1. The predicted molar refractivity (Wildman–Crippen MR) is 89.8 cm³/mol. The van der Waals surface area contributed by atoms with Crippen LogP contribution in [0.3, 0.4) is 0 Å². The van der Waals surface area contributed by atoms with E-state index in [4.69, 9.17) is 0 Å². The zero-order chi connectivity index (χ0) is 19.8. The van der Waals surface area contributed by atoms with Crippen molar-refractivity contribution in [2.24, 2.45) is 0 Å². The first kappa shape index (κ1) is 19.4. The number of hydrogen-bond donors (Lipinski definition) is 1. The Labute approximate surface area is 156 Å². The van der Waals surface area contributed by atoms with Crippen LogP contribution >= 0.6 is 22.7 Å². The first-order chi connectivity index (χ1) is 12.5. The van der Waals surface area contributed by atoms with E-state index in [1.165, 1.54) is 11.3 Å². The van der Waals surface area contributed by atoms with E-state index < -0.39 is 35.0 Å². The largest absolute Gasteiger partial charge is 0.416 e. The first-order valence-electron chi connectivity index (χ1n) is 7.14. The molecular weight excluding hydrogens is 414 g/mol. The van der Waals surface area contributed by atoms with E-state index in [2.05, 4.69) is 10.3 Å². The average molecular weight is 422 g/mol. The Kier molecular flexibility index (Phi) is 5.00. The second kappa shape index (κ2) is 6.97. The molecule has 27 heavy (non-hydrogen) atoms. The first-order valence-corrected chi connectivity index (χ1v) is 8.90. The van der Waals surface area contributed by atoms with Crippen LogP contribution in [-0.2, 0) is 12.4 Å². The normalized spacial score (nSPS) is 12.2. The maximum Gasteiger partial charge on any atom is 0.416 e. The van der Waals surface area contributed by atoms with Gasteiger partial charge in [-0.15, -0.1) is 22.7 Å². The molecule has 2 aromatic heterocycles. The monoisotopic (exact) mass is 422 g/mol. The number of carbonyl (C=O) groups excluding carboxylic acids is 1. The van der Waals surface area contributed by atoms with Gasteiger partial charge in [0.15, 0.2) is 5.13 Å². The van der Waals surface area contributed by atoms with E-state index in [9.17, 15) is 31.1 Å². The molecule has 0 spiro atoms. The summed E-state index contributed by atoms with van der Waals surface area (Å²) in [5, 5.41) is 5.73. The number of alkyl halides is 6. The number of thiazole rings is 1. The molecule has 1 N–H and O–H groups in total. The van der Waals surface area contributed by atoms with Crippen LogP contribution in [0, 0.1) is 0 Å². The molecule has 0 aliphatic carbocycles. The van der Waals surface area contributed by atoms with Crippen molar-refractivity contribution >= 4 is 33.7 Å². The van der Waals surface area contributed by atoms with Gasteiger partial charge in [0.2, 0.25) is 0 Å². The Morgan fingerprint density at radius 2 is 1.59 bits per heavy atom. The number of halogens is 6. The minimum absolute atomic E-state index is 0.0327. The lowest BCUT2D eigenvalue weighted by atomic mass is 10.0. The van der Waals surface area contributed by atoms with Crippen molar-refractivity contribution in [2.75, 3.05) is 5.32 Å². The molecule has 0 aliphatic rings. The van der Waals surface area contributed by atoms with Crippen molar-refractivity contribution in [3.8, 4) is 10.6 Å². The molecule has 3 aromatic rings. The van der Waals surface area contributed by atoms with Gasteiger partial charge >= 0.3 is 12.4 Å². The van der Waals surface area contributed by atoms with Crippen molar-refractivity contribution in [3.63, 3.8) is 0 Å². The third-order valence-electron chi connectivity index (χ3n) is 3.35. The zero-order valence-electron chi connectivity index (χ0n) is 13.0. The van der Waals surface area contributed by atoms with Crippen LogP contribution < -0.4 is 5.32 Å². The Hall–Kier alpha value is -2.40. The van der Waals surface area contributed by atoms with E-state index in [0.717, 1.165) is 16.2 Å². The predicted octanol–water partition coefficient (Wildman–Crippen LogP) is 6.16. The minimum Gasteiger partial charge on any atom is -0.298 e. The Morgan fingerprint density at radius 1 is 0.963 bits per heavy atom. The molecule has 142 valence electrons. The maximum absolute atomic E-state index is 12.9. The number of hydrogen-bond acceptors (Lipinski definition) is 4. The molecule has 0 saturated carbocycles. The van der Waals surface area contributed by atoms with Crippen molar-refractivity contribution < 1.29 is 31.1 Å². The Bertz CT molecular complexity index is 928. The second-order valence-electron chi connectivity index (χ2n) is 5.26. The number of amides is 1. The summed E-state index contributed by atoms with van der Waals surface area (Å²) in [6, 6.07) is 4.29. The highest BCUT2D eigenvalue weighted by Crippen LogP contribution is 2.36. The number of aromatic nitrogens is 1. The molecule has 2 heterocycles. The summed E-state index contributed by atoms with van der Waals surface area (Å²) in [4.78, 5) is 17.1. The van der Waals surface area contributed by atoms with Crippen LogP contribution in [-0.4, -0.2) is 10.9 Å². The third kappa shape index (κ3) is 4.48. The summed E-state index contributed by atoms with van der Waals surface area (Å²) in [6.45, 7) is 0. The molecule has 0 radical (unpaired) electrons. The Morgan fingerprint density at radius 3 is 2.11 bits per heavy atom. The van der Waals surface area contributed by atoms with Crippen LogP contribution in [0.2, 0.25) is 0 Å². The molecule has 1 amide bonds. The fourth-order valence-electron chi connectivity index (χ4n) is 2.12. The van der Waals surface area contributed by atoms with Crippen molar-refractivity contribution in [1.82, 2.24) is 4.98 Å². The highest BCUT2D eigenvalue weighted by Gasteiger charge is 2.37. The lowest BCUT2D eigenvalue weighted by Gasteiger charge is -2.13. The number of carbonyl (C=O) groups is 1. The van der Waals surface area contributed by atoms with Crippen LogP contribution in [0.15, 0.2) is 41.1 Å². The minimum atomic E-state index is -5.02. The fourth-order valence-corrected chi connectivity index (χ4v) is 3.59. The van der Waals surface area contributed by atoms with Gasteiger partial charge in [-0.25, -0.2) is 4.98 Å². The molecule has 3 rings (SSSR count). The van der Waals surface area contributed by atoms with Crippen LogP contribution in [0.1, 0.15) is 21.5 Å². The van der Waals surface area contributed by atoms with Gasteiger partial charge in [-0.3, -0.25) is 10.1 Å². The molecule has 0 saturated heterocycles. The van der Waals surface area contributed by atoms with Gasteiger partial charge in [-0.05, 0) is 29.6 Å². The summed E-state index contributed by atoms with van der Waals surface area (Å²) in [5.74, 6) is -1.11. The van der Waals surface area contributed by atoms with E-state index in [1.54, 1.807) is 17.5 Å². The third-order valence-corrected chi connectivity index (χ3v) is 5.00. The molecule has 3 nitrogen and oxygen atoms in total. The summed E-state index contributed by atoms with van der Waals surface area (Å²) in [5.41, 5.74) is -3.32. The maximum atomic E-state index is 12.9. The standard InChI is InChI=1S/C16H8F6N2OS2/c17-15(18,19)9-4-8(5-10(6-9)16(20,21)22)13(25)24-14-23-11(7-27-14)12-2-1-3-26-12/h1-7H,(H,23,24,25). The number of anilines is 1. The number of nitrogens with zero attached hydrogens (tertiary/aromatic N) is 1. The second-order valence-corrected chi connectivity index (χ2v) is 7.07. The van der Waals surface area contributed by atoms with E-state index >= 15 is 0 Å². The van der Waals surface area contributed by atoms with Gasteiger partial charge in [0.25, 0.3) is 5.91 Å². The molecule has 11 heteroatoms. The lowest BCUT2D eigenvalue weighted by molar-refractivity contribution is -0.143. The molecule has 0 atom stereocenters. The number of thiophene rings is 1. The SMILES string of the molecule is O=C(Nc1nc(-c2cccs2)cs1)c1cc(C(F)(F)F)cc(C(F)(F)F)c1. The van der Waals surface area contributed by atoms with Gasteiger partial charge in [-0.2, -0.15) is 26.3 Å². The van der Waals surface area contributed by atoms with Gasteiger partial charge in [0.1, 0.15) is 0 Å². The lowest BCUT2D eigenvalue weighted by Crippen LogP contribution is -2.17.